The van der Waals surface area contributed by atoms with Crippen LogP contribution in [0.1, 0.15) is 25.7 Å². The Hall–Kier alpha value is -0.560. The van der Waals surface area contributed by atoms with Gasteiger partial charge in [0.2, 0.25) is 0 Å². The minimum absolute atomic E-state index is 0.403. The summed E-state index contributed by atoms with van der Waals surface area (Å²) in [5, 5.41) is 0. The van der Waals surface area contributed by atoms with Crippen molar-refractivity contribution in [3.63, 3.8) is 0 Å². The normalized spacial score (nSPS) is 22.4. The summed E-state index contributed by atoms with van der Waals surface area (Å²) in [5.41, 5.74) is 0. The molecule has 0 fully saturated rings. The van der Waals surface area contributed by atoms with Crippen molar-refractivity contribution in [2.75, 3.05) is 6.61 Å². The smallest absolute Gasteiger partial charge is 0.0760 e. The molecule has 0 saturated carbocycles. The summed E-state index contributed by atoms with van der Waals surface area (Å²) in [6.07, 6.45) is 11.4. The van der Waals surface area contributed by atoms with E-state index in [4.69, 9.17) is 4.74 Å². The third-order valence-electron chi connectivity index (χ3n) is 1.90. The van der Waals surface area contributed by atoms with Crippen LogP contribution in [0, 0.1) is 0 Å². The molecule has 0 aromatic carbocycles. The first kappa shape index (κ1) is 8.54. The van der Waals surface area contributed by atoms with Gasteiger partial charge in [0.1, 0.15) is 0 Å². The highest BCUT2D eigenvalue weighted by Gasteiger charge is 2.07. The van der Waals surface area contributed by atoms with Crippen LogP contribution in [-0.4, -0.2) is 12.7 Å². The van der Waals surface area contributed by atoms with Crippen molar-refractivity contribution < 1.29 is 4.74 Å². The fourth-order valence-corrected chi connectivity index (χ4v) is 1.26. The zero-order valence-electron chi connectivity index (χ0n) is 6.96. The van der Waals surface area contributed by atoms with Gasteiger partial charge in [-0.15, -0.1) is 6.58 Å². The first-order valence-corrected chi connectivity index (χ1v) is 4.32. The van der Waals surface area contributed by atoms with Gasteiger partial charge in [0.05, 0.1) is 12.7 Å². The lowest BCUT2D eigenvalue weighted by molar-refractivity contribution is 0.119. The number of rotatable bonds is 5. The average molecular weight is 152 g/mol. The van der Waals surface area contributed by atoms with Crippen LogP contribution < -0.4 is 0 Å². The molecular weight excluding hydrogens is 136 g/mol. The molecule has 1 unspecified atom stereocenters. The van der Waals surface area contributed by atoms with Gasteiger partial charge in [0.15, 0.2) is 0 Å². The number of ether oxygens (including phenoxy) is 1. The molecule has 0 amide bonds. The van der Waals surface area contributed by atoms with Gasteiger partial charge < -0.3 is 4.74 Å². The molecule has 0 aromatic heterocycles. The van der Waals surface area contributed by atoms with Gasteiger partial charge in [0.25, 0.3) is 0 Å². The summed E-state index contributed by atoms with van der Waals surface area (Å²) in [6, 6.07) is 0. The summed E-state index contributed by atoms with van der Waals surface area (Å²) in [5.74, 6) is 0. The predicted octanol–water partition coefficient (Wildman–Crippen LogP) is 2.69. The standard InChI is InChI=1S/C10H16O/c1-2-3-4-5-7-10-8-6-9-11-10/h2,6,8,10H,1,3-5,7,9H2. The van der Waals surface area contributed by atoms with Crippen LogP contribution in [0.4, 0.5) is 0 Å². The van der Waals surface area contributed by atoms with Crippen LogP contribution in [0.15, 0.2) is 24.8 Å². The Bertz CT molecular complexity index is 138. The molecule has 62 valence electrons. The van der Waals surface area contributed by atoms with Gasteiger partial charge in [-0.1, -0.05) is 24.6 Å². The molecule has 0 aromatic rings. The number of hydrogen-bond donors (Lipinski definition) is 0. The van der Waals surface area contributed by atoms with Crippen LogP contribution in [-0.2, 0) is 4.74 Å². The van der Waals surface area contributed by atoms with Crippen molar-refractivity contribution in [3.05, 3.63) is 24.8 Å². The predicted molar refractivity (Wildman–Crippen MR) is 47.5 cm³/mol. The third kappa shape index (κ3) is 3.38. The number of allylic oxidation sites excluding steroid dienone is 1. The van der Waals surface area contributed by atoms with Gasteiger partial charge in [-0.2, -0.15) is 0 Å². The largest absolute Gasteiger partial charge is 0.370 e. The Balaban J connectivity index is 1.94. The second-order valence-electron chi connectivity index (χ2n) is 2.87. The fourth-order valence-electron chi connectivity index (χ4n) is 1.26. The number of unbranched alkanes of at least 4 members (excludes halogenated alkanes) is 2. The van der Waals surface area contributed by atoms with E-state index in [1.54, 1.807) is 0 Å². The van der Waals surface area contributed by atoms with Crippen LogP contribution in [0.3, 0.4) is 0 Å². The van der Waals surface area contributed by atoms with E-state index < -0.39 is 0 Å². The summed E-state index contributed by atoms with van der Waals surface area (Å²) < 4.78 is 5.40. The summed E-state index contributed by atoms with van der Waals surface area (Å²) in [4.78, 5) is 0. The third-order valence-corrected chi connectivity index (χ3v) is 1.90. The van der Waals surface area contributed by atoms with Crippen molar-refractivity contribution in [2.45, 2.75) is 31.8 Å². The van der Waals surface area contributed by atoms with E-state index in [0.717, 1.165) is 13.0 Å². The highest BCUT2D eigenvalue weighted by atomic mass is 16.5. The van der Waals surface area contributed by atoms with Gasteiger partial charge in [-0.3, -0.25) is 0 Å². The van der Waals surface area contributed by atoms with Crippen LogP contribution in [0.25, 0.3) is 0 Å². The van der Waals surface area contributed by atoms with E-state index in [2.05, 4.69) is 18.7 Å². The maximum absolute atomic E-state index is 5.40. The highest BCUT2D eigenvalue weighted by Crippen LogP contribution is 2.12. The lowest BCUT2D eigenvalue weighted by Gasteiger charge is -2.06. The second-order valence-corrected chi connectivity index (χ2v) is 2.87. The molecule has 0 N–H and O–H groups in total. The lowest BCUT2D eigenvalue weighted by atomic mass is 10.1. The van der Waals surface area contributed by atoms with Gasteiger partial charge in [-0.25, -0.2) is 0 Å². The molecule has 11 heavy (non-hydrogen) atoms. The molecule has 1 rings (SSSR count). The van der Waals surface area contributed by atoms with Crippen LogP contribution in [0.2, 0.25) is 0 Å². The first-order valence-electron chi connectivity index (χ1n) is 4.32. The Morgan fingerprint density at radius 3 is 3.09 bits per heavy atom. The molecule has 0 aliphatic carbocycles. The Kier molecular flexibility index (Phi) is 3.99. The van der Waals surface area contributed by atoms with Gasteiger partial charge in [0, 0.05) is 0 Å². The maximum atomic E-state index is 5.40. The zero-order chi connectivity index (χ0) is 7.94. The Morgan fingerprint density at radius 1 is 1.55 bits per heavy atom. The van der Waals surface area contributed by atoms with E-state index in [1.165, 1.54) is 19.3 Å². The SMILES string of the molecule is C=CCCCCC1C=CCO1. The Labute approximate surface area is 68.8 Å². The molecule has 1 heterocycles. The quantitative estimate of drug-likeness (QED) is 0.434. The first-order chi connectivity index (χ1) is 5.43. The zero-order valence-corrected chi connectivity index (χ0v) is 6.96. The molecule has 1 heteroatoms. The van der Waals surface area contributed by atoms with E-state index >= 15 is 0 Å². The highest BCUT2D eigenvalue weighted by molar-refractivity contribution is 4.95. The van der Waals surface area contributed by atoms with Crippen molar-refractivity contribution in [1.82, 2.24) is 0 Å². The maximum Gasteiger partial charge on any atom is 0.0760 e. The molecule has 1 aliphatic rings. The van der Waals surface area contributed by atoms with Gasteiger partial charge >= 0.3 is 0 Å². The lowest BCUT2D eigenvalue weighted by Crippen LogP contribution is -2.03. The average Bonchev–Trinajstić information content (AvgIpc) is 2.50. The van der Waals surface area contributed by atoms with Crippen molar-refractivity contribution in [2.24, 2.45) is 0 Å². The number of hydrogen-bond acceptors (Lipinski definition) is 1. The molecule has 1 nitrogen and oxygen atoms in total. The summed E-state index contributed by atoms with van der Waals surface area (Å²) in [6.45, 7) is 4.50. The van der Waals surface area contributed by atoms with E-state index in [9.17, 15) is 0 Å². The molecule has 0 saturated heterocycles. The van der Waals surface area contributed by atoms with E-state index in [-0.39, 0.29) is 0 Å². The van der Waals surface area contributed by atoms with Crippen LogP contribution in [0.5, 0.6) is 0 Å². The van der Waals surface area contributed by atoms with Crippen molar-refractivity contribution >= 4 is 0 Å². The fraction of sp³-hybridized carbons (Fsp3) is 0.600. The molecule has 0 spiro atoms. The molecular formula is C10H16O. The van der Waals surface area contributed by atoms with Crippen molar-refractivity contribution in [1.29, 1.82) is 0 Å². The molecule has 0 radical (unpaired) electrons. The van der Waals surface area contributed by atoms with Crippen LogP contribution >= 0.6 is 0 Å². The van der Waals surface area contributed by atoms with E-state index in [0.29, 0.717) is 6.10 Å². The Morgan fingerprint density at radius 2 is 2.45 bits per heavy atom. The summed E-state index contributed by atoms with van der Waals surface area (Å²) in [7, 11) is 0. The molecule has 1 aliphatic heterocycles. The molecule has 0 bridgehead atoms. The minimum Gasteiger partial charge on any atom is -0.370 e. The minimum atomic E-state index is 0.403. The van der Waals surface area contributed by atoms with E-state index in [1.807, 2.05) is 6.08 Å². The van der Waals surface area contributed by atoms with Gasteiger partial charge in [-0.05, 0) is 19.3 Å². The topological polar surface area (TPSA) is 9.23 Å². The molecule has 1 atom stereocenters. The monoisotopic (exact) mass is 152 g/mol. The van der Waals surface area contributed by atoms with Crippen molar-refractivity contribution in [3.8, 4) is 0 Å². The summed E-state index contributed by atoms with van der Waals surface area (Å²) >= 11 is 0. The second kappa shape index (κ2) is 5.14.